The molecule has 3 aromatic heterocycles. The molecule has 32 heavy (non-hydrogen) atoms. The average Bonchev–Trinajstić information content (AvgIpc) is 3.50. The van der Waals surface area contributed by atoms with Crippen molar-refractivity contribution in [3.05, 3.63) is 59.9 Å². The maximum absolute atomic E-state index is 12.1. The number of aromatic amines is 1. The van der Waals surface area contributed by atoms with Crippen LogP contribution in [0.1, 0.15) is 61.5 Å². The van der Waals surface area contributed by atoms with Crippen LogP contribution in [-0.4, -0.2) is 46.2 Å². The maximum Gasteiger partial charge on any atom is 0.217 e. The number of nitrogens with zero attached hydrogens (tertiary/aromatic N) is 7. The van der Waals surface area contributed by atoms with Gasteiger partial charge >= 0.3 is 0 Å². The van der Waals surface area contributed by atoms with E-state index in [0.717, 1.165) is 53.9 Å². The minimum absolute atomic E-state index is 0.0254. The lowest BCUT2D eigenvalue weighted by Crippen LogP contribution is -2.07. The zero-order valence-electron chi connectivity index (χ0n) is 18.3. The van der Waals surface area contributed by atoms with E-state index in [9.17, 15) is 4.79 Å². The second-order valence-electron chi connectivity index (χ2n) is 7.59. The van der Waals surface area contributed by atoms with Crippen LogP contribution in [0.3, 0.4) is 0 Å². The Labute approximate surface area is 186 Å². The summed E-state index contributed by atoms with van der Waals surface area (Å²) in [4.78, 5) is 20.9. The third-order valence-electron chi connectivity index (χ3n) is 5.33. The van der Waals surface area contributed by atoms with Crippen LogP contribution in [0.15, 0.2) is 42.7 Å². The van der Waals surface area contributed by atoms with E-state index in [-0.39, 0.29) is 5.78 Å². The Morgan fingerprint density at radius 1 is 1.06 bits per heavy atom. The summed E-state index contributed by atoms with van der Waals surface area (Å²) in [6.45, 7) is 4.78. The van der Waals surface area contributed by atoms with Crippen LogP contribution in [0.2, 0.25) is 0 Å². The molecule has 164 valence electrons. The molecular weight excluding hydrogens is 404 g/mol. The van der Waals surface area contributed by atoms with Crippen molar-refractivity contribution in [2.24, 2.45) is 0 Å². The Balaban J connectivity index is 1.57. The molecule has 4 aromatic rings. The molecule has 0 radical (unpaired) electrons. The molecule has 0 amide bonds. The molecule has 0 fully saturated rings. The van der Waals surface area contributed by atoms with Gasteiger partial charge in [-0.15, -0.1) is 15.3 Å². The number of aryl methyl sites for hydroxylation is 1. The van der Waals surface area contributed by atoms with Crippen molar-refractivity contribution in [1.29, 1.82) is 0 Å². The lowest BCUT2D eigenvalue weighted by molar-refractivity contribution is 0.0978. The van der Waals surface area contributed by atoms with E-state index in [4.69, 9.17) is 0 Å². The van der Waals surface area contributed by atoms with Gasteiger partial charge < -0.3 is 0 Å². The van der Waals surface area contributed by atoms with Crippen LogP contribution in [0.5, 0.6) is 0 Å². The van der Waals surface area contributed by atoms with Gasteiger partial charge in [0.05, 0.1) is 0 Å². The lowest BCUT2D eigenvalue weighted by atomic mass is 9.99. The van der Waals surface area contributed by atoms with Gasteiger partial charge in [-0.05, 0) is 34.4 Å². The first-order chi connectivity index (χ1) is 15.7. The van der Waals surface area contributed by atoms with E-state index < -0.39 is 0 Å². The quantitative estimate of drug-likeness (QED) is 0.300. The Morgan fingerprint density at radius 3 is 2.62 bits per heavy atom. The number of H-pyrrole nitrogens is 1. The zero-order valence-corrected chi connectivity index (χ0v) is 18.3. The number of nitrogens with one attached hydrogen (secondary N) is 1. The first-order valence-corrected chi connectivity index (χ1v) is 10.9. The summed E-state index contributed by atoms with van der Waals surface area (Å²) in [5.74, 6) is 1.62. The molecule has 0 saturated carbocycles. The van der Waals surface area contributed by atoms with Crippen molar-refractivity contribution in [3.63, 3.8) is 0 Å². The number of carbonyl (C=O) groups excluding carboxylic acids is 1. The maximum atomic E-state index is 12.1. The van der Waals surface area contributed by atoms with Gasteiger partial charge in [0.25, 0.3) is 0 Å². The third kappa shape index (κ3) is 4.77. The molecule has 0 aliphatic rings. The van der Waals surface area contributed by atoms with Crippen molar-refractivity contribution in [2.45, 2.75) is 52.5 Å². The van der Waals surface area contributed by atoms with Gasteiger partial charge in [-0.1, -0.05) is 51.0 Å². The summed E-state index contributed by atoms with van der Waals surface area (Å²) >= 11 is 0. The minimum Gasteiger partial charge on any atom is -0.291 e. The van der Waals surface area contributed by atoms with Gasteiger partial charge in [-0.25, -0.2) is 9.67 Å². The van der Waals surface area contributed by atoms with Gasteiger partial charge in [0.2, 0.25) is 17.4 Å². The van der Waals surface area contributed by atoms with Crippen LogP contribution >= 0.6 is 0 Å². The molecular formula is C23H26N8O. The molecule has 9 nitrogen and oxygen atoms in total. The molecule has 0 aliphatic carbocycles. The molecule has 0 bridgehead atoms. The van der Waals surface area contributed by atoms with Gasteiger partial charge in [0.1, 0.15) is 5.82 Å². The SMILES string of the molecule is CCCCCn1nc(C(=O)CC)nc1Cc1ccc(-c2ccncc2-c2nn[nH]n2)cc1. The highest BCUT2D eigenvalue weighted by atomic mass is 16.1. The van der Waals surface area contributed by atoms with Crippen LogP contribution in [0.4, 0.5) is 0 Å². The molecule has 0 atom stereocenters. The summed E-state index contributed by atoms with van der Waals surface area (Å²) in [5, 5.41) is 18.8. The Bertz CT molecular complexity index is 1170. The normalized spacial score (nSPS) is 11.1. The predicted octanol–water partition coefficient (Wildman–Crippen LogP) is 3.89. The van der Waals surface area contributed by atoms with Crippen molar-refractivity contribution >= 4 is 5.78 Å². The predicted molar refractivity (Wildman–Crippen MR) is 120 cm³/mol. The Hall–Kier alpha value is -3.75. The van der Waals surface area contributed by atoms with E-state index in [1.165, 1.54) is 0 Å². The molecule has 1 aromatic carbocycles. The summed E-state index contributed by atoms with van der Waals surface area (Å²) in [6, 6.07) is 10.2. The second-order valence-corrected chi connectivity index (χ2v) is 7.59. The summed E-state index contributed by atoms with van der Waals surface area (Å²) < 4.78 is 1.89. The molecule has 0 saturated heterocycles. The molecule has 4 rings (SSSR count). The van der Waals surface area contributed by atoms with E-state index in [1.807, 2.05) is 17.7 Å². The third-order valence-corrected chi connectivity index (χ3v) is 5.33. The molecule has 0 unspecified atom stereocenters. The van der Waals surface area contributed by atoms with E-state index >= 15 is 0 Å². The van der Waals surface area contributed by atoms with Crippen molar-refractivity contribution in [2.75, 3.05) is 0 Å². The fourth-order valence-electron chi connectivity index (χ4n) is 3.56. The molecule has 3 heterocycles. The standard InChI is InChI=1S/C23H26N8O/c1-3-5-6-13-31-21(25-23(28-31)20(32)4-2)14-16-7-9-17(10-8-16)18-11-12-24-15-19(18)22-26-29-30-27-22/h7-12,15H,3-6,13-14H2,1-2H3,(H,26,27,29,30). The molecule has 9 heteroatoms. The largest absolute Gasteiger partial charge is 0.291 e. The van der Waals surface area contributed by atoms with Gasteiger partial charge in [0, 0.05) is 37.3 Å². The smallest absolute Gasteiger partial charge is 0.217 e. The number of unbranched alkanes of at least 4 members (excludes halogenated alkanes) is 2. The van der Waals surface area contributed by atoms with E-state index in [1.54, 1.807) is 12.4 Å². The zero-order chi connectivity index (χ0) is 22.3. The molecule has 0 spiro atoms. The number of aromatic nitrogens is 8. The summed E-state index contributed by atoms with van der Waals surface area (Å²) in [7, 11) is 0. The number of tetrazole rings is 1. The van der Waals surface area contributed by atoms with Crippen molar-refractivity contribution in [3.8, 4) is 22.5 Å². The summed E-state index contributed by atoms with van der Waals surface area (Å²) in [6.07, 6.45) is 7.78. The highest BCUT2D eigenvalue weighted by Crippen LogP contribution is 2.29. The number of benzene rings is 1. The Kier molecular flexibility index (Phi) is 6.74. The van der Waals surface area contributed by atoms with Crippen LogP contribution in [0, 0.1) is 0 Å². The molecule has 0 aliphatic heterocycles. The highest BCUT2D eigenvalue weighted by molar-refractivity contribution is 5.92. The number of rotatable bonds is 10. The molecule has 1 N–H and O–H groups in total. The topological polar surface area (TPSA) is 115 Å². The number of ketones is 1. The number of pyridine rings is 1. The second kappa shape index (κ2) is 10.0. The summed E-state index contributed by atoms with van der Waals surface area (Å²) in [5.41, 5.74) is 3.92. The van der Waals surface area contributed by atoms with Gasteiger partial charge in [-0.2, -0.15) is 5.21 Å². The van der Waals surface area contributed by atoms with Crippen LogP contribution < -0.4 is 0 Å². The monoisotopic (exact) mass is 430 g/mol. The first-order valence-electron chi connectivity index (χ1n) is 10.9. The lowest BCUT2D eigenvalue weighted by Gasteiger charge is -2.08. The fraction of sp³-hybridized carbons (Fsp3) is 0.348. The minimum atomic E-state index is -0.0254. The average molecular weight is 431 g/mol. The van der Waals surface area contributed by atoms with Crippen LogP contribution in [-0.2, 0) is 13.0 Å². The van der Waals surface area contributed by atoms with Crippen molar-refractivity contribution < 1.29 is 4.79 Å². The number of carbonyl (C=O) groups is 1. The van der Waals surface area contributed by atoms with Crippen LogP contribution in [0.25, 0.3) is 22.5 Å². The number of Topliss-reactive ketones (excluding diaryl/α,β-unsaturated/α-hetero) is 1. The van der Waals surface area contributed by atoms with Gasteiger partial charge in [0.15, 0.2) is 0 Å². The highest BCUT2D eigenvalue weighted by Gasteiger charge is 2.16. The van der Waals surface area contributed by atoms with Crippen molar-refractivity contribution in [1.82, 2.24) is 40.4 Å². The number of hydrogen-bond acceptors (Lipinski definition) is 7. The Morgan fingerprint density at radius 2 is 1.91 bits per heavy atom. The fourth-order valence-corrected chi connectivity index (χ4v) is 3.56. The van der Waals surface area contributed by atoms with E-state index in [2.05, 4.69) is 66.9 Å². The van der Waals surface area contributed by atoms with Gasteiger partial charge in [-0.3, -0.25) is 9.78 Å². The first kappa shape index (κ1) is 21.5. The number of hydrogen-bond donors (Lipinski definition) is 1. The van der Waals surface area contributed by atoms with E-state index in [0.29, 0.717) is 24.5 Å².